The Balaban J connectivity index is 1.69. The summed E-state index contributed by atoms with van der Waals surface area (Å²) in [5.41, 5.74) is 2.00. The third kappa shape index (κ3) is 4.03. The van der Waals surface area contributed by atoms with Gasteiger partial charge in [-0.05, 0) is 24.6 Å². The first-order valence-corrected chi connectivity index (χ1v) is 10.1. The van der Waals surface area contributed by atoms with Crippen LogP contribution in [0.5, 0.6) is 0 Å². The first kappa shape index (κ1) is 17.1. The molecule has 9 heteroatoms. The van der Waals surface area contributed by atoms with E-state index in [0.29, 0.717) is 30.9 Å². The van der Waals surface area contributed by atoms with E-state index in [9.17, 15) is 13.2 Å². The number of likely N-dealkylation sites (tertiary alicyclic amines) is 1. The van der Waals surface area contributed by atoms with Gasteiger partial charge in [0.25, 0.3) is 5.91 Å². The summed E-state index contributed by atoms with van der Waals surface area (Å²) < 4.78 is 26.1. The summed E-state index contributed by atoms with van der Waals surface area (Å²) >= 11 is 3.38. The van der Waals surface area contributed by atoms with Crippen molar-refractivity contribution in [2.24, 2.45) is 0 Å². The summed E-state index contributed by atoms with van der Waals surface area (Å²) in [6.45, 7) is 0.872. The van der Waals surface area contributed by atoms with Crippen molar-refractivity contribution < 1.29 is 13.2 Å². The van der Waals surface area contributed by atoms with Gasteiger partial charge in [0.2, 0.25) is 10.0 Å². The molecule has 1 aromatic heterocycles. The third-order valence-corrected chi connectivity index (χ3v) is 5.09. The second-order valence-electron chi connectivity index (χ2n) is 5.80. The molecule has 1 atom stereocenters. The fraction of sp³-hybridized carbons (Fsp3) is 0.333. The summed E-state index contributed by atoms with van der Waals surface area (Å²) in [5, 5.41) is 6.95. The molecular weight excluding hydrogens is 396 g/mol. The summed E-state index contributed by atoms with van der Waals surface area (Å²) in [7, 11) is -3.27. The standard InChI is InChI=1S/C15H17BrN4O3S/c1-24(22,23)19-12-6-7-20(9-12)15(21)14-8-13(17-18-14)10-2-4-11(16)5-3-10/h2-5,8,12,19H,6-7,9H2,1H3,(H,17,18). The van der Waals surface area contributed by atoms with Crippen molar-refractivity contribution in [2.75, 3.05) is 19.3 Å². The van der Waals surface area contributed by atoms with Crippen molar-refractivity contribution in [3.8, 4) is 11.3 Å². The maximum absolute atomic E-state index is 12.5. The van der Waals surface area contributed by atoms with Gasteiger partial charge in [0.15, 0.2) is 0 Å². The van der Waals surface area contributed by atoms with E-state index in [2.05, 4.69) is 30.8 Å². The molecule has 3 rings (SSSR count). The van der Waals surface area contributed by atoms with Crippen LogP contribution in [0, 0.1) is 0 Å². The zero-order valence-corrected chi connectivity index (χ0v) is 15.4. The fourth-order valence-corrected chi connectivity index (χ4v) is 3.78. The van der Waals surface area contributed by atoms with Crippen molar-refractivity contribution in [2.45, 2.75) is 12.5 Å². The smallest absolute Gasteiger partial charge is 0.271 e. The Labute approximate surface area is 148 Å². The molecule has 128 valence electrons. The maximum Gasteiger partial charge on any atom is 0.271 e. The second kappa shape index (κ2) is 6.66. The van der Waals surface area contributed by atoms with Crippen LogP contribution in [0.1, 0.15) is 16.9 Å². The molecule has 2 heterocycles. The number of carbonyl (C=O) groups excluding carboxylic acids is 1. The Kier molecular flexibility index (Phi) is 4.75. The number of aromatic amines is 1. The van der Waals surface area contributed by atoms with Crippen LogP contribution in [0.15, 0.2) is 34.8 Å². The lowest BCUT2D eigenvalue weighted by Crippen LogP contribution is -2.37. The van der Waals surface area contributed by atoms with Gasteiger partial charge in [-0.2, -0.15) is 5.10 Å². The molecular formula is C15H17BrN4O3S. The van der Waals surface area contributed by atoms with Crippen LogP contribution in [0.25, 0.3) is 11.3 Å². The number of nitrogens with one attached hydrogen (secondary N) is 2. The van der Waals surface area contributed by atoms with E-state index in [1.807, 2.05) is 24.3 Å². The van der Waals surface area contributed by atoms with E-state index in [0.717, 1.165) is 16.3 Å². The molecule has 1 aliphatic rings. The van der Waals surface area contributed by atoms with Crippen molar-refractivity contribution in [1.82, 2.24) is 19.8 Å². The normalized spacial score (nSPS) is 18.1. The molecule has 7 nitrogen and oxygen atoms in total. The Morgan fingerprint density at radius 1 is 1.38 bits per heavy atom. The molecule has 1 amide bonds. The molecule has 0 radical (unpaired) electrons. The monoisotopic (exact) mass is 412 g/mol. The summed E-state index contributed by atoms with van der Waals surface area (Å²) in [6, 6.07) is 9.12. The van der Waals surface area contributed by atoms with Gasteiger partial charge in [0, 0.05) is 29.2 Å². The van der Waals surface area contributed by atoms with Gasteiger partial charge < -0.3 is 4.90 Å². The van der Waals surface area contributed by atoms with Gasteiger partial charge in [0.1, 0.15) is 5.69 Å². The summed E-state index contributed by atoms with van der Waals surface area (Å²) in [5.74, 6) is -0.177. The van der Waals surface area contributed by atoms with Gasteiger partial charge >= 0.3 is 0 Å². The number of sulfonamides is 1. The van der Waals surface area contributed by atoms with Crippen LogP contribution < -0.4 is 4.72 Å². The molecule has 1 aromatic carbocycles. The van der Waals surface area contributed by atoms with Crippen molar-refractivity contribution in [3.63, 3.8) is 0 Å². The van der Waals surface area contributed by atoms with Crippen LogP contribution in [-0.2, 0) is 10.0 Å². The van der Waals surface area contributed by atoms with E-state index in [-0.39, 0.29) is 11.9 Å². The topological polar surface area (TPSA) is 95.2 Å². The van der Waals surface area contributed by atoms with Crippen LogP contribution >= 0.6 is 15.9 Å². The zero-order chi connectivity index (χ0) is 17.3. The number of hydrogen-bond donors (Lipinski definition) is 2. The van der Waals surface area contributed by atoms with E-state index >= 15 is 0 Å². The number of rotatable bonds is 4. The molecule has 0 spiro atoms. The minimum absolute atomic E-state index is 0.177. The third-order valence-electron chi connectivity index (χ3n) is 3.80. The molecule has 1 fully saturated rings. The van der Waals surface area contributed by atoms with Crippen LogP contribution in [0.4, 0.5) is 0 Å². The Morgan fingerprint density at radius 2 is 2.08 bits per heavy atom. The van der Waals surface area contributed by atoms with Crippen LogP contribution in [0.3, 0.4) is 0 Å². The minimum atomic E-state index is -3.27. The fourth-order valence-electron chi connectivity index (χ4n) is 2.71. The second-order valence-corrected chi connectivity index (χ2v) is 8.50. The highest BCUT2D eigenvalue weighted by molar-refractivity contribution is 9.10. The van der Waals surface area contributed by atoms with Crippen LogP contribution in [-0.4, -0.2) is 54.8 Å². The first-order chi connectivity index (χ1) is 11.3. The average Bonchev–Trinajstić information content (AvgIpc) is 3.15. The molecule has 1 aliphatic heterocycles. The predicted molar refractivity (Wildman–Crippen MR) is 94.0 cm³/mol. The average molecular weight is 413 g/mol. The number of aromatic nitrogens is 2. The number of halogens is 1. The van der Waals surface area contributed by atoms with Crippen molar-refractivity contribution in [3.05, 3.63) is 40.5 Å². The van der Waals surface area contributed by atoms with Gasteiger partial charge in [-0.15, -0.1) is 0 Å². The number of hydrogen-bond acceptors (Lipinski definition) is 4. The quantitative estimate of drug-likeness (QED) is 0.796. The first-order valence-electron chi connectivity index (χ1n) is 7.40. The molecule has 2 aromatic rings. The Hall–Kier alpha value is -1.71. The number of amides is 1. The molecule has 2 N–H and O–H groups in total. The van der Waals surface area contributed by atoms with Gasteiger partial charge in [0.05, 0.1) is 11.9 Å². The van der Waals surface area contributed by atoms with Crippen molar-refractivity contribution >= 4 is 31.9 Å². The highest BCUT2D eigenvalue weighted by atomic mass is 79.9. The lowest BCUT2D eigenvalue weighted by atomic mass is 10.1. The molecule has 1 saturated heterocycles. The summed E-state index contributed by atoms with van der Waals surface area (Å²) in [4.78, 5) is 14.2. The molecule has 0 saturated carbocycles. The van der Waals surface area contributed by atoms with Gasteiger partial charge in [-0.3, -0.25) is 9.89 Å². The van der Waals surface area contributed by atoms with Crippen LogP contribution in [0.2, 0.25) is 0 Å². The molecule has 0 aliphatic carbocycles. The molecule has 0 bridgehead atoms. The van der Waals surface area contributed by atoms with Gasteiger partial charge in [-0.1, -0.05) is 28.1 Å². The number of nitrogens with zero attached hydrogens (tertiary/aromatic N) is 2. The largest absolute Gasteiger partial charge is 0.336 e. The summed E-state index contributed by atoms with van der Waals surface area (Å²) in [6.07, 6.45) is 1.73. The van der Waals surface area contributed by atoms with Gasteiger partial charge in [-0.25, -0.2) is 13.1 Å². The lowest BCUT2D eigenvalue weighted by molar-refractivity contribution is 0.0784. The van der Waals surface area contributed by atoms with Crippen molar-refractivity contribution in [1.29, 1.82) is 0 Å². The lowest BCUT2D eigenvalue weighted by Gasteiger charge is -2.15. The number of benzene rings is 1. The predicted octanol–water partition coefficient (Wildman–Crippen LogP) is 1.60. The number of carbonyl (C=O) groups is 1. The highest BCUT2D eigenvalue weighted by Crippen LogP contribution is 2.21. The Morgan fingerprint density at radius 3 is 2.75 bits per heavy atom. The van der Waals surface area contributed by atoms with E-state index in [1.54, 1.807) is 11.0 Å². The number of H-pyrrole nitrogens is 1. The Bertz CT molecular complexity index is 848. The van der Waals surface area contributed by atoms with E-state index in [4.69, 9.17) is 0 Å². The molecule has 24 heavy (non-hydrogen) atoms. The van der Waals surface area contributed by atoms with E-state index < -0.39 is 10.0 Å². The molecule has 1 unspecified atom stereocenters. The van der Waals surface area contributed by atoms with E-state index in [1.165, 1.54) is 0 Å². The SMILES string of the molecule is CS(=O)(=O)NC1CCN(C(=O)c2cc(-c3ccc(Br)cc3)n[nH]2)C1. The zero-order valence-electron chi connectivity index (χ0n) is 13.0. The minimum Gasteiger partial charge on any atom is -0.336 e. The highest BCUT2D eigenvalue weighted by Gasteiger charge is 2.29. The maximum atomic E-state index is 12.5.